The molecule has 0 aromatic rings. The van der Waals surface area contributed by atoms with Gasteiger partial charge in [0.1, 0.15) is 0 Å². The van der Waals surface area contributed by atoms with Gasteiger partial charge < -0.3 is 9.84 Å². The molecule has 5 atom stereocenters. The number of rotatable bonds is 1. The van der Waals surface area contributed by atoms with Crippen molar-refractivity contribution in [3.63, 3.8) is 0 Å². The van der Waals surface area contributed by atoms with E-state index < -0.39 is 0 Å². The number of methoxy groups -OCH3 is 1. The Morgan fingerprint density at radius 1 is 1.06 bits per heavy atom. The molecule has 104 valence electrons. The third-order valence-electron chi connectivity index (χ3n) is 6.69. The summed E-state index contributed by atoms with van der Waals surface area (Å²) >= 11 is 0. The van der Waals surface area contributed by atoms with Gasteiger partial charge in [0.25, 0.3) is 0 Å². The van der Waals surface area contributed by atoms with Crippen molar-refractivity contribution >= 4 is 0 Å². The predicted molar refractivity (Wildman–Crippen MR) is 72.3 cm³/mol. The van der Waals surface area contributed by atoms with E-state index >= 15 is 0 Å². The summed E-state index contributed by atoms with van der Waals surface area (Å²) in [6.07, 6.45) is 6.67. The van der Waals surface area contributed by atoms with Gasteiger partial charge in [0.15, 0.2) is 0 Å². The monoisotopic (exact) mass is 252 g/mol. The van der Waals surface area contributed by atoms with Gasteiger partial charge in [-0.05, 0) is 61.2 Å². The average Bonchev–Trinajstić information content (AvgIpc) is 2.39. The maximum Gasteiger partial charge on any atom is 0.0716 e. The predicted octanol–water partition coefficient (Wildman–Crippen LogP) is 3.38. The molecule has 2 bridgehead atoms. The van der Waals surface area contributed by atoms with Gasteiger partial charge >= 0.3 is 0 Å². The van der Waals surface area contributed by atoms with Crippen LogP contribution in [-0.2, 0) is 4.74 Å². The fourth-order valence-corrected chi connectivity index (χ4v) is 5.39. The Morgan fingerprint density at radius 3 is 2.39 bits per heavy atom. The minimum atomic E-state index is -0.124. The lowest BCUT2D eigenvalue weighted by molar-refractivity contribution is -0.192. The van der Waals surface area contributed by atoms with Crippen LogP contribution in [0.2, 0.25) is 0 Å². The lowest BCUT2D eigenvalue weighted by Gasteiger charge is -2.59. The first kappa shape index (κ1) is 12.9. The number of aliphatic hydroxyl groups is 1. The highest BCUT2D eigenvalue weighted by atomic mass is 16.5. The second-order valence-corrected chi connectivity index (χ2v) is 8.10. The van der Waals surface area contributed by atoms with Crippen molar-refractivity contribution in [2.75, 3.05) is 7.11 Å². The molecule has 3 fully saturated rings. The maximum absolute atomic E-state index is 10.4. The Kier molecular flexibility index (Phi) is 2.68. The van der Waals surface area contributed by atoms with Crippen LogP contribution in [0.25, 0.3) is 0 Å². The molecule has 2 nitrogen and oxygen atoms in total. The van der Waals surface area contributed by atoms with Crippen LogP contribution in [0, 0.1) is 22.7 Å². The normalized spacial score (nSPS) is 54.2. The van der Waals surface area contributed by atoms with Gasteiger partial charge in [0, 0.05) is 7.11 Å². The highest BCUT2D eigenvalue weighted by Crippen LogP contribution is 2.65. The van der Waals surface area contributed by atoms with Crippen LogP contribution in [0.4, 0.5) is 0 Å². The van der Waals surface area contributed by atoms with Crippen LogP contribution < -0.4 is 0 Å². The first-order chi connectivity index (χ1) is 8.33. The zero-order valence-electron chi connectivity index (χ0n) is 12.3. The van der Waals surface area contributed by atoms with E-state index in [1.807, 2.05) is 7.11 Å². The molecule has 0 aromatic carbocycles. The molecule has 0 spiro atoms. The van der Waals surface area contributed by atoms with Gasteiger partial charge in [-0.3, -0.25) is 0 Å². The van der Waals surface area contributed by atoms with E-state index in [4.69, 9.17) is 4.74 Å². The molecule has 3 aliphatic rings. The Bertz CT molecular complexity index is 351. The van der Waals surface area contributed by atoms with Gasteiger partial charge in [0.05, 0.1) is 11.7 Å². The smallest absolute Gasteiger partial charge is 0.0716 e. The third-order valence-corrected chi connectivity index (χ3v) is 6.69. The molecular weight excluding hydrogens is 224 g/mol. The van der Waals surface area contributed by atoms with Crippen molar-refractivity contribution in [2.24, 2.45) is 22.7 Å². The molecule has 2 heteroatoms. The molecule has 0 saturated heterocycles. The molecule has 3 rings (SSSR count). The maximum atomic E-state index is 10.4. The second-order valence-electron chi connectivity index (χ2n) is 8.10. The van der Waals surface area contributed by atoms with Crippen LogP contribution >= 0.6 is 0 Å². The molecule has 0 amide bonds. The van der Waals surface area contributed by atoms with Crippen LogP contribution in [0.3, 0.4) is 0 Å². The minimum Gasteiger partial charge on any atom is -0.393 e. The molecule has 18 heavy (non-hydrogen) atoms. The van der Waals surface area contributed by atoms with E-state index in [2.05, 4.69) is 20.8 Å². The highest BCUT2D eigenvalue weighted by Gasteiger charge is 2.62. The number of hydrogen-bond acceptors (Lipinski definition) is 2. The average molecular weight is 252 g/mol. The zero-order chi connectivity index (χ0) is 13.2. The molecule has 0 heterocycles. The SMILES string of the molecule is CO[C@@]12CC[C@H](O)[C@@](C)(CC[C@@H]3[C@@H]1CC3(C)C)C2. The lowest BCUT2D eigenvalue weighted by Crippen LogP contribution is -2.58. The van der Waals surface area contributed by atoms with Crippen LogP contribution in [-0.4, -0.2) is 23.9 Å². The van der Waals surface area contributed by atoms with Gasteiger partial charge in [-0.25, -0.2) is 0 Å². The van der Waals surface area contributed by atoms with Crippen LogP contribution in [0.15, 0.2) is 0 Å². The number of ether oxygens (including phenoxy) is 1. The number of hydrogen-bond donors (Lipinski definition) is 1. The molecule has 1 N–H and O–H groups in total. The van der Waals surface area contributed by atoms with E-state index in [0.717, 1.165) is 31.1 Å². The molecule has 0 unspecified atom stereocenters. The number of aliphatic hydroxyl groups excluding tert-OH is 1. The van der Waals surface area contributed by atoms with Crippen molar-refractivity contribution in [3.05, 3.63) is 0 Å². The van der Waals surface area contributed by atoms with E-state index in [0.29, 0.717) is 5.41 Å². The summed E-state index contributed by atoms with van der Waals surface area (Å²) < 4.78 is 6.06. The van der Waals surface area contributed by atoms with Gasteiger partial charge in [0.2, 0.25) is 0 Å². The van der Waals surface area contributed by atoms with E-state index in [1.54, 1.807) is 0 Å². The summed E-state index contributed by atoms with van der Waals surface area (Å²) in [5.74, 6) is 1.52. The standard InChI is InChI=1S/C16H28O2/c1-14(2)9-12-11(14)5-7-15(3)10-16(12,18-4)8-6-13(15)17/h11-13,17H,5-10H2,1-4H3/t11-,12+,13+,15+,16-/m1/s1. The van der Waals surface area contributed by atoms with Gasteiger partial charge in [-0.1, -0.05) is 20.8 Å². The topological polar surface area (TPSA) is 29.5 Å². The van der Waals surface area contributed by atoms with Crippen molar-refractivity contribution in [1.29, 1.82) is 0 Å². The molecular formula is C16H28O2. The summed E-state index contributed by atoms with van der Waals surface area (Å²) in [7, 11) is 1.89. The summed E-state index contributed by atoms with van der Waals surface area (Å²) in [4.78, 5) is 0. The lowest BCUT2D eigenvalue weighted by atomic mass is 9.49. The Labute approximate surface area is 111 Å². The molecule has 0 aromatic heterocycles. The number of fused-ring (bicyclic) bond motifs is 4. The minimum absolute atomic E-state index is 0.0602. The summed E-state index contributed by atoms with van der Waals surface area (Å²) in [5.41, 5.74) is 0.626. The summed E-state index contributed by atoms with van der Waals surface area (Å²) in [6, 6.07) is 0. The first-order valence-corrected chi connectivity index (χ1v) is 7.56. The van der Waals surface area contributed by atoms with Gasteiger partial charge in [-0.2, -0.15) is 0 Å². The van der Waals surface area contributed by atoms with E-state index in [9.17, 15) is 5.11 Å². The van der Waals surface area contributed by atoms with Crippen molar-refractivity contribution in [1.82, 2.24) is 0 Å². The zero-order valence-corrected chi connectivity index (χ0v) is 12.3. The molecule has 3 saturated carbocycles. The Morgan fingerprint density at radius 2 is 1.78 bits per heavy atom. The van der Waals surface area contributed by atoms with Crippen LogP contribution in [0.5, 0.6) is 0 Å². The largest absolute Gasteiger partial charge is 0.393 e. The highest BCUT2D eigenvalue weighted by molar-refractivity contribution is 5.12. The van der Waals surface area contributed by atoms with Crippen molar-refractivity contribution < 1.29 is 9.84 Å². The Hall–Kier alpha value is -0.0800. The van der Waals surface area contributed by atoms with Crippen LogP contribution in [0.1, 0.15) is 59.3 Å². The Balaban J connectivity index is 1.96. The van der Waals surface area contributed by atoms with E-state index in [1.165, 1.54) is 19.3 Å². The molecule has 3 aliphatic carbocycles. The van der Waals surface area contributed by atoms with Gasteiger partial charge in [-0.15, -0.1) is 0 Å². The third kappa shape index (κ3) is 1.54. The summed E-state index contributed by atoms with van der Waals surface area (Å²) in [5, 5.41) is 10.4. The fourth-order valence-electron chi connectivity index (χ4n) is 5.39. The summed E-state index contributed by atoms with van der Waals surface area (Å²) in [6.45, 7) is 7.10. The molecule has 0 aliphatic heterocycles. The molecule has 0 radical (unpaired) electrons. The van der Waals surface area contributed by atoms with E-state index in [-0.39, 0.29) is 17.1 Å². The van der Waals surface area contributed by atoms with Crippen molar-refractivity contribution in [3.8, 4) is 0 Å². The second kappa shape index (κ2) is 3.73. The fraction of sp³-hybridized carbons (Fsp3) is 1.00. The first-order valence-electron chi connectivity index (χ1n) is 7.56. The quantitative estimate of drug-likeness (QED) is 0.775. The van der Waals surface area contributed by atoms with Crippen molar-refractivity contribution in [2.45, 2.75) is 71.0 Å².